The number of thiophene rings is 1. The van der Waals surface area contributed by atoms with E-state index in [-0.39, 0.29) is 5.41 Å². The zero-order valence-electron chi connectivity index (χ0n) is 32.7. The van der Waals surface area contributed by atoms with Crippen LogP contribution >= 0.6 is 11.3 Å². The van der Waals surface area contributed by atoms with Crippen molar-refractivity contribution >= 4 is 53.3 Å². The van der Waals surface area contributed by atoms with E-state index in [1.165, 1.54) is 97.7 Å². The van der Waals surface area contributed by atoms with E-state index in [2.05, 4.69) is 215 Å². The normalized spacial score (nSPS) is 12.5. The molecule has 2 heteroatoms. The molecule has 2 aromatic heterocycles. The first-order valence-electron chi connectivity index (χ1n) is 19.5. The predicted molar refractivity (Wildman–Crippen MR) is 244 cm³/mol. The molecule has 0 spiro atoms. The number of para-hydroxylation sites is 1. The summed E-state index contributed by atoms with van der Waals surface area (Å²) in [6.07, 6.45) is 0. The molecular weight excluding hydrogens is 695 g/mol. The summed E-state index contributed by atoms with van der Waals surface area (Å²) in [6, 6.07) is 65.6. The smallest absolute Gasteiger partial charge is 0.0543 e. The van der Waals surface area contributed by atoms with Gasteiger partial charge in [-0.3, -0.25) is 0 Å². The maximum atomic E-state index is 2.41. The van der Waals surface area contributed by atoms with Gasteiger partial charge in [-0.05, 0) is 96.1 Å². The Hall–Kier alpha value is -6.22. The summed E-state index contributed by atoms with van der Waals surface area (Å²) in [5.74, 6) is 0. The topological polar surface area (TPSA) is 4.93 Å². The molecule has 0 aliphatic heterocycles. The van der Waals surface area contributed by atoms with Gasteiger partial charge in [0.25, 0.3) is 0 Å². The quantitative estimate of drug-likeness (QED) is 0.166. The van der Waals surface area contributed by atoms with E-state index in [1.54, 1.807) is 0 Å². The molecule has 11 rings (SSSR count). The molecule has 1 nitrogen and oxygen atoms in total. The first-order valence-corrected chi connectivity index (χ1v) is 20.3. The highest BCUT2D eigenvalue weighted by Gasteiger charge is 2.34. The van der Waals surface area contributed by atoms with Gasteiger partial charge in [0.2, 0.25) is 0 Å². The highest BCUT2D eigenvalue weighted by molar-refractivity contribution is 7.25. The molecule has 1 aliphatic rings. The molecule has 0 amide bonds. The van der Waals surface area contributed by atoms with Crippen LogP contribution in [0.2, 0.25) is 0 Å². The summed E-state index contributed by atoms with van der Waals surface area (Å²) in [4.78, 5) is 0. The maximum Gasteiger partial charge on any atom is 0.0543 e. The van der Waals surface area contributed by atoms with Crippen LogP contribution in [-0.2, 0) is 5.41 Å². The van der Waals surface area contributed by atoms with Gasteiger partial charge in [-0.25, -0.2) is 0 Å². The molecule has 56 heavy (non-hydrogen) atoms. The summed E-state index contributed by atoms with van der Waals surface area (Å²) in [5.41, 5.74) is 16.1. The molecule has 0 saturated heterocycles. The van der Waals surface area contributed by atoms with Crippen LogP contribution in [0.4, 0.5) is 0 Å². The van der Waals surface area contributed by atoms with E-state index in [0.29, 0.717) is 0 Å². The molecule has 0 N–H and O–H groups in total. The largest absolute Gasteiger partial charge is 0.309 e. The summed E-state index contributed by atoms with van der Waals surface area (Å²) in [6.45, 7) is 11.1. The maximum absolute atomic E-state index is 2.41. The lowest BCUT2D eigenvalue weighted by Crippen LogP contribution is -2.14. The minimum atomic E-state index is 0.152. The molecule has 0 unspecified atom stereocenters. The molecule has 272 valence electrons. The van der Waals surface area contributed by atoms with Crippen molar-refractivity contribution in [2.45, 2.75) is 40.0 Å². The van der Waals surface area contributed by atoms with Crippen molar-refractivity contribution in [2.75, 3.05) is 0 Å². The Morgan fingerprint density at radius 2 is 0.982 bits per heavy atom. The molecule has 10 aromatic rings. The van der Waals surface area contributed by atoms with Gasteiger partial charge in [-0.2, -0.15) is 0 Å². The number of hydrogen-bond donors (Lipinski definition) is 0. The Labute approximate surface area is 334 Å². The average Bonchev–Trinajstić information content (AvgIpc) is 3.83. The molecule has 8 aromatic carbocycles. The van der Waals surface area contributed by atoms with Crippen LogP contribution < -0.4 is 0 Å². The van der Waals surface area contributed by atoms with Gasteiger partial charge in [-0.15, -0.1) is 11.3 Å². The molecule has 0 bridgehead atoms. The zero-order chi connectivity index (χ0) is 38.4. The summed E-state index contributed by atoms with van der Waals surface area (Å²) in [7, 11) is 0. The lowest BCUT2D eigenvalue weighted by Gasteiger charge is -2.21. The van der Waals surface area contributed by atoms with Gasteiger partial charge >= 0.3 is 0 Å². The van der Waals surface area contributed by atoms with Crippen molar-refractivity contribution in [3.05, 3.63) is 210 Å². The second kappa shape index (κ2) is 14.5. The third-order valence-corrected chi connectivity index (χ3v) is 12.5. The molecule has 2 heterocycles. The van der Waals surface area contributed by atoms with Gasteiger partial charge in [0.15, 0.2) is 0 Å². The number of benzene rings is 8. The van der Waals surface area contributed by atoms with Gasteiger partial charge < -0.3 is 4.57 Å². The lowest BCUT2D eigenvalue weighted by atomic mass is 9.82. The monoisotopic (exact) mass is 739 g/mol. The van der Waals surface area contributed by atoms with E-state index in [1.807, 2.05) is 17.4 Å². The van der Waals surface area contributed by atoms with Crippen LogP contribution in [0.3, 0.4) is 0 Å². The first-order chi connectivity index (χ1) is 27.3. The summed E-state index contributed by atoms with van der Waals surface area (Å²) >= 11 is 1.87. The second-order valence-electron chi connectivity index (χ2n) is 15.6. The van der Waals surface area contributed by atoms with Gasteiger partial charge in [0.1, 0.15) is 0 Å². The number of nitrogens with zero attached hydrogens (tertiary/aromatic N) is 1. The van der Waals surface area contributed by atoms with Crippen LogP contribution in [-0.4, -0.2) is 4.57 Å². The van der Waals surface area contributed by atoms with Crippen LogP contribution in [0.15, 0.2) is 182 Å². The predicted octanol–water partition coefficient (Wildman–Crippen LogP) is 15.4. The fourth-order valence-electron chi connectivity index (χ4n) is 8.42. The molecule has 0 fully saturated rings. The first kappa shape index (κ1) is 35.5. The molecular formula is C54H45NS. The Morgan fingerprint density at radius 1 is 0.393 bits per heavy atom. The number of rotatable bonds is 2. The number of fused-ring (bicyclic) bond motifs is 9. The van der Waals surface area contributed by atoms with Gasteiger partial charge in [-0.1, -0.05) is 171 Å². The van der Waals surface area contributed by atoms with Crippen molar-refractivity contribution < 1.29 is 0 Å². The Balaban J connectivity index is 0.000000120. The standard InChI is InChI=1S/C25H17NS.C16H16.C13H12/c1-16-10-12-19-18-6-2-4-8-22(18)26(23(19)14-16)17-11-13-25-21(15-17)20-7-3-5-9-24(20)27-25;1-11-8-9-15-13(10-11)12-6-4-5-7-14(12)16(15,2)3;1-11-7-9-13(10-8-11)12-5-3-2-4-6-12/h2-15H,1H3;4-10H,1-3H3;2-10H,1H3. The molecule has 0 atom stereocenters. The number of hydrogen-bond acceptors (Lipinski definition) is 1. The van der Waals surface area contributed by atoms with Crippen molar-refractivity contribution in [1.82, 2.24) is 4.57 Å². The highest BCUT2D eigenvalue weighted by Crippen LogP contribution is 2.48. The Bertz CT molecular complexity index is 3010. The number of aryl methyl sites for hydroxylation is 3. The fourth-order valence-corrected chi connectivity index (χ4v) is 9.51. The van der Waals surface area contributed by atoms with Crippen LogP contribution in [0.25, 0.3) is 69.9 Å². The average molecular weight is 740 g/mol. The van der Waals surface area contributed by atoms with Gasteiger partial charge in [0.05, 0.1) is 11.0 Å². The van der Waals surface area contributed by atoms with E-state index in [9.17, 15) is 0 Å². The van der Waals surface area contributed by atoms with Crippen molar-refractivity contribution in [3.8, 4) is 27.9 Å². The third-order valence-electron chi connectivity index (χ3n) is 11.3. The lowest BCUT2D eigenvalue weighted by molar-refractivity contribution is 0.660. The van der Waals surface area contributed by atoms with Crippen molar-refractivity contribution in [2.24, 2.45) is 0 Å². The minimum Gasteiger partial charge on any atom is -0.309 e. The van der Waals surface area contributed by atoms with Crippen molar-refractivity contribution in [3.63, 3.8) is 0 Å². The van der Waals surface area contributed by atoms with Crippen LogP contribution in [0.5, 0.6) is 0 Å². The van der Waals surface area contributed by atoms with Crippen LogP contribution in [0, 0.1) is 20.8 Å². The summed E-state index contributed by atoms with van der Waals surface area (Å²) < 4.78 is 5.10. The molecule has 1 aliphatic carbocycles. The minimum absolute atomic E-state index is 0.152. The SMILES string of the molecule is Cc1ccc(-c2ccccc2)cc1.Cc1ccc2c(c1)-c1ccccc1C2(C)C.Cc1ccc2c3ccccc3n(-c3ccc4sc5ccccc5c4c3)c2c1. The van der Waals surface area contributed by atoms with Crippen molar-refractivity contribution in [1.29, 1.82) is 0 Å². The third kappa shape index (κ3) is 6.40. The fraction of sp³-hybridized carbons (Fsp3) is 0.111. The van der Waals surface area contributed by atoms with E-state index in [4.69, 9.17) is 0 Å². The molecule has 0 radical (unpaired) electrons. The Kier molecular flexibility index (Phi) is 9.16. The van der Waals surface area contributed by atoms with E-state index >= 15 is 0 Å². The molecule has 0 saturated carbocycles. The van der Waals surface area contributed by atoms with Crippen LogP contribution in [0.1, 0.15) is 41.7 Å². The van der Waals surface area contributed by atoms with E-state index in [0.717, 1.165) is 0 Å². The highest BCUT2D eigenvalue weighted by atomic mass is 32.1. The van der Waals surface area contributed by atoms with Gasteiger partial charge in [0, 0.05) is 42.0 Å². The Morgan fingerprint density at radius 3 is 1.80 bits per heavy atom. The zero-order valence-corrected chi connectivity index (χ0v) is 33.5. The summed E-state index contributed by atoms with van der Waals surface area (Å²) in [5, 5.41) is 5.30. The number of aromatic nitrogens is 1. The second-order valence-corrected chi connectivity index (χ2v) is 16.7. The van der Waals surface area contributed by atoms with E-state index < -0.39 is 0 Å².